The molecule has 10 heteroatoms. The van der Waals surface area contributed by atoms with Crippen molar-refractivity contribution in [2.45, 2.75) is 26.2 Å². The number of carbonyl (C=O) groups excluding carboxylic acids is 1. The summed E-state index contributed by atoms with van der Waals surface area (Å²) in [5.41, 5.74) is 2.45. The van der Waals surface area contributed by atoms with Crippen molar-refractivity contribution in [2.24, 2.45) is 0 Å². The van der Waals surface area contributed by atoms with E-state index in [-0.39, 0.29) is 5.56 Å². The lowest BCUT2D eigenvalue weighted by Crippen LogP contribution is -2.12. The summed E-state index contributed by atoms with van der Waals surface area (Å²) in [5.74, 6) is 0.141. The summed E-state index contributed by atoms with van der Waals surface area (Å²) in [6.07, 6.45) is 1.02. The van der Waals surface area contributed by atoms with E-state index in [0.29, 0.717) is 28.6 Å². The highest BCUT2D eigenvalue weighted by molar-refractivity contribution is 6.05. The lowest BCUT2D eigenvalue weighted by atomic mass is 9.98. The molecule has 34 heavy (non-hydrogen) atoms. The molecule has 0 saturated heterocycles. The van der Waals surface area contributed by atoms with Crippen molar-refractivity contribution in [1.82, 2.24) is 4.98 Å². The molecule has 1 N–H and O–H groups in total. The van der Waals surface area contributed by atoms with Gasteiger partial charge in [-0.1, -0.05) is 19.9 Å². The molecule has 1 heterocycles. The van der Waals surface area contributed by atoms with E-state index >= 15 is 0 Å². The van der Waals surface area contributed by atoms with Crippen molar-refractivity contribution in [1.29, 1.82) is 0 Å². The fourth-order valence-corrected chi connectivity index (χ4v) is 3.45. The maximum Gasteiger partial charge on any atom is 0.277 e. The minimum atomic E-state index is -0.787. The summed E-state index contributed by atoms with van der Waals surface area (Å²) in [6.45, 7) is 4.28. The zero-order valence-electron chi connectivity index (χ0n) is 18.3. The molecule has 0 aliphatic heterocycles. The van der Waals surface area contributed by atoms with E-state index in [0.717, 1.165) is 30.1 Å². The zero-order valence-corrected chi connectivity index (χ0v) is 18.3. The molecule has 0 saturated carbocycles. The highest BCUT2D eigenvalue weighted by Crippen LogP contribution is 2.29. The normalized spacial score (nSPS) is 11.8. The van der Waals surface area contributed by atoms with Gasteiger partial charge in [-0.05, 0) is 54.3 Å². The lowest BCUT2D eigenvalue weighted by Gasteiger charge is -2.07. The number of nitro groups is 2. The number of carbonyl (C=O) groups is 1. The third-order valence-corrected chi connectivity index (χ3v) is 5.57. The lowest BCUT2D eigenvalue weighted by molar-refractivity contribution is -0.394. The maximum absolute atomic E-state index is 12.6. The van der Waals surface area contributed by atoms with E-state index < -0.39 is 27.1 Å². The Morgan fingerprint density at radius 2 is 1.65 bits per heavy atom. The van der Waals surface area contributed by atoms with Crippen LogP contribution in [0.2, 0.25) is 0 Å². The molecule has 3 aromatic carbocycles. The van der Waals surface area contributed by atoms with Crippen molar-refractivity contribution in [3.63, 3.8) is 0 Å². The molecule has 1 atom stereocenters. The van der Waals surface area contributed by atoms with Crippen LogP contribution in [-0.4, -0.2) is 20.7 Å². The van der Waals surface area contributed by atoms with E-state index in [4.69, 9.17) is 4.42 Å². The number of nitro benzene ring substituents is 2. The Kier molecular flexibility index (Phi) is 6.05. The number of amides is 1. The Bertz CT molecular complexity index is 1380. The molecule has 10 nitrogen and oxygen atoms in total. The first kappa shape index (κ1) is 22.6. The quantitative estimate of drug-likeness (QED) is 0.260. The minimum absolute atomic E-state index is 0.193. The van der Waals surface area contributed by atoms with Gasteiger partial charge in [-0.3, -0.25) is 25.0 Å². The fourth-order valence-electron chi connectivity index (χ4n) is 3.45. The summed E-state index contributed by atoms with van der Waals surface area (Å²) in [4.78, 5) is 37.7. The van der Waals surface area contributed by atoms with Crippen molar-refractivity contribution < 1.29 is 19.1 Å². The predicted molar refractivity (Wildman–Crippen MR) is 126 cm³/mol. The number of non-ortho nitro benzene ring substituents is 2. The second-order valence-corrected chi connectivity index (χ2v) is 7.84. The van der Waals surface area contributed by atoms with Gasteiger partial charge < -0.3 is 9.73 Å². The van der Waals surface area contributed by atoms with E-state index in [9.17, 15) is 25.0 Å². The van der Waals surface area contributed by atoms with Gasteiger partial charge in [0.1, 0.15) is 5.52 Å². The molecule has 0 unspecified atom stereocenters. The molecule has 0 aliphatic rings. The number of anilines is 1. The van der Waals surface area contributed by atoms with Gasteiger partial charge in [0.25, 0.3) is 17.3 Å². The van der Waals surface area contributed by atoms with Crippen LogP contribution >= 0.6 is 0 Å². The smallest absolute Gasteiger partial charge is 0.277 e. The number of hydrogen-bond acceptors (Lipinski definition) is 7. The number of rotatable bonds is 7. The molecule has 0 radical (unpaired) electrons. The SMILES string of the molecule is CC[C@@H](C)c1ccc2oc(-c3ccc(NC(=O)c4cc([N+](=O)[O-])cc([N+](=O)[O-])c4)cc3)nc2c1. The average molecular weight is 460 g/mol. The Hall–Kier alpha value is -4.60. The van der Waals surface area contributed by atoms with Gasteiger partial charge in [0.05, 0.1) is 21.5 Å². The second kappa shape index (κ2) is 9.10. The van der Waals surface area contributed by atoms with Crippen molar-refractivity contribution in [3.05, 3.63) is 92.0 Å². The molecule has 0 fully saturated rings. The Morgan fingerprint density at radius 1 is 1.00 bits per heavy atom. The van der Waals surface area contributed by atoms with Crippen LogP contribution < -0.4 is 5.32 Å². The monoisotopic (exact) mass is 460 g/mol. The molecule has 0 spiro atoms. The first-order chi connectivity index (χ1) is 16.2. The minimum Gasteiger partial charge on any atom is -0.436 e. The van der Waals surface area contributed by atoms with Gasteiger partial charge in [-0.2, -0.15) is 0 Å². The van der Waals surface area contributed by atoms with Crippen molar-refractivity contribution in [2.75, 3.05) is 5.32 Å². The third-order valence-electron chi connectivity index (χ3n) is 5.57. The molecule has 1 amide bonds. The Morgan fingerprint density at radius 3 is 2.24 bits per heavy atom. The molecule has 0 bridgehead atoms. The number of fused-ring (bicyclic) bond motifs is 1. The zero-order chi connectivity index (χ0) is 24.4. The van der Waals surface area contributed by atoms with Gasteiger partial charge in [0.2, 0.25) is 5.89 Å². The number of oxazole rings is 1. The van der Waals surface area contributed by atoms with Crippen LogP contribution in [0.3, 0.4) is 0 Å². The Labute approximate surface area is 193 Å². The van der Waals surface area contributed by atoms with Crippen LogP contribution in [0.25, 0.3) is 22.6 Å². The third kappa shape index (κ3) is 4.60. The average Bonchev–Trinajstić information content (AvgIpc) is 3.27. The van der Waals surface area contributed by atoms with E-state index in [1.165, 1.54) is 5.56 Å². The topological polar surface area (TPSA) is 141 Å². The van der Waals surface area contributed by atoms with Crippen LogP contribution in [0, 0.1) is 20.2 Å². The van der Waals surface area contributed by atoms with Gasteiger partial charge in [-0.15, -0.1) is 0 Å². The Balaban J connectivity index is 1.55. The molecule has 0 aliphatic carbocycles. The summed E-state index contributed by atoms with van der Waals surface area (Å²) in [6, 6.07) is 15.4. The van der Waals surface area contributed by atoms with Crippen LogP contribution in [0.1, 0.15) is 42.1 Å². The standard InChI is InChI=1S/C24H20N4O6/c1-3-14(2)16-6-9-22-21(12-16)26-24(34-22)15-4-7-18(8-5-15)25-23(29)17-10-19(27(30)31)13-20(11-17)28(32)33/h4-14H,3H2,1-2H3,(H,25,29)/t14-/m1/s1. The number of benzene rings is 3. The van der Waals surface area contributed by atoms with E-state index in [1.54, 1.807) is 24.3 Å². The number of nitrogens with zero attached hydrogens (tertiary/aromatic N) is 3. The number of hydrogen-bond donors (Lipinski definition) is 1. The number of aromatic nitrogens is 1. The fraction of sp³-hybridized carbons (Fsp3) is 0.167. The van der Waals surface area contributed by atoms with Crippen LogP contribution in [0.5, 0.6) is 0 Å². The largest absolute Gasteiger partial charge is 0.436 e. The molecule has 1 aromatic heterocycles. The summed E-state index contributed by atoms with van der Waals surface area (Å²) in [7, 11) is 0. The summed E-state index contributed by atoms with van der Waals surface area (Å²) in [5, 5.41) is 24.7. The highest BCUT2D eigenvalue weighted by Gasteiger charge is 2.20. The summed E-state index contributed by atoms with van der Waals surface area (Å²) < 4.78 is 5.86. The van der Waals surface area contributed by atoms with Crippen LogP contribution in [0.4, 0.5) is 17.1 Å². The first-order valence-corrected chi connectivity index (χ1v) is 10.5. The predicted octanol–water partition coefficient (Wildman–Crippen LogP) is 6.08. The maximum atomic E-state index is 12.6. The number of nitrogens with one attached hydrogen (secondary N) is 1. The van der Waals surface area contributed by atoms with Gasteiger partial charge in [0.15, 0.2) is 5.58 Å². The molecule has 4 aromatic rings. The summed E-state index contributed by atoms with van der Waals surface area (Å²) >= 11 is 0. The van der Waals surface area contributed by atoms with Crippen LogP contribution in [-0.2, 0) is 0 Å². The molecular weight excluding hydrogens is 440 g/mol. The first-order valence-electron chi connectivity index (χ1n) is 10.5. The molecule has 4 rings (SSSR count). The van der Waals surface area contributed by atoms with E-state index in [1.807, 2.05) is 18.2 Å². The second-order valence-electron chi connectivity index (χ2n) is 7.84. The van der Waals surface area contributed by atoms with Gasteiger partial charge in [0, 0.05) is 23.4 Å². The van der Waals surface area contributed by atoms with Gasteiger partial charge >= 0.3 is 0 Å². The highest BCUT2D eigenvalue weighted by atomic mass is 16.6. The van der Waals surface area contributed by atoms with Crippen LogP contribution in [0.15, 0.2) is 65.1 Å². The molecule has 172 valence electrons. The van der Waals surface area contributed by atoms with Crippen molar-refractivity contribution in [3.8, 4) is 11.5 Å². The van der Waals surface area contributed by atoms with Crippen molar-refractivity contribution >= 4 is 34.1 Å². The molecular formula is C24H20N4O6. The van der Waals surface area contributed by atoms with E-state index in [2.05, 4.69) is 24.1 Å². The van der Waals surface area contributed by atoms with Gasteiger partial charge in [-0.25, -0.2) is 4.98 Å².